The molecular formula is C23H25ClN2O5S. The molecule has 0 aromatic heterocycles. The first-order valence-corrected chi connectivity index (χ1v) is 11.7. The second-order valence-electron chi connectivity index (χ2n) is 8.55. The van der Waals surface area contributed by atoms with Crippen LogP contribution in [-0.4, -0.2) is 41.1 Å². The van der Waals surface area contributed by atoms with Crippen molar-refractivity contribution >= 4 is 35.4 Å². The van der Waals surface area contributed by atoms with Gasteiger partial charge in [-0.25, -0.2) is 4.79 Å². The van der Waals surface area contributed by atoms with Crippen molar-refractivity contribution in [1.82, 2.24) is 10.2 Å². The van der Waals surface area contributed by atoms with Gasteiger partial charge in [-0.2, -0.15) is 0 Å². The molecule has 2 heterocycles. The molecule has 4 rings (SSSR count). The fourth-order valence-corrected chi connectivity index (χ4v) is 5.03. The highest BCUT2D eigenvalue weighted by Crippen LogP contribution is 2.42. The fraction of sp³-hybridized carbons (Fsp3) is 0.391. The lowest BCUT2D eigenvalue weighted by Crippen LogP contribution is -2.49. The third-order valence-electron chi connectivity index (χ3n) is 4.97. The second-order valence-corrected chi connectivity index (χ2v) is 10.1. The molecule has 0 bridgehead atoms. The molecule has 2 aromatic rings. The van der Waals surface area contributed by atoms with Crippen LogP contribution in [0.25, 0.3) is 0 Å². The number of hydrogen-bond donors (Lipinski definition) is 1. The highest BCUT2D eigenvalue weighted by atomic mass is 35.5. The van der Waals surface area contributed by atoms with Gasteiger partial charge in [-0.15, -0.1) is 11.8 Å². The first-order valence-electron chi connectivity index (χ1n) is 10.3. The maximum Gasteiger partial charge on any atom is 0.412 e. The zero-order valence-corrected chi connectivity index (χ0v) is 19.7. The molecule has 1 saturated heterocycles. The third kappa shape index (κ3) is 5.07. The van der Waals surface area contributed by atoms with E-state index in [1.807, 2.05) is 30.3 Å². The topological polar surface area (TPSA) is 77.1 Å². The van der Waals surface area contributed by atoms with Crippen LogP contribution in [0.1, 0.15) is 37.3 Å². The molecule has 2 amide bonds. The Labute approximate surface area is 196 Å². The van der Waals surface area contributed by atoms with Gasteiger partial charge in [0.15, 0.2) is 11.5 Å². The first kappa shape index (κ1) is 22.6. The van der Waals surface area contributed by atoms with Gasteiger partial charge < -0.3 is 19.5 Å². The largest absolute Gasteiger partial charge is 0.454 e. The lowest BCUT2D eigenvalue weighted by atomic mass is 10.1. The number of hydrogen-bond acceptors (Lipinski definition) is 6. The normalized spacial score (nSPS) is 19.7. The van der Waals surface area contributed by atoms with Crippen molar-refractivity contribution in [2.45, 2.75) is 44.3 Å². The van der Waals surface area contributed by atoms with E-state index in [0.717, 1.165) is 11.1 Å². The summed E-state index contributed by atoms with van der Waals surface area (Å²) < 4.78 is 16.3. The summed E-state index contributed by atoms with van der Waals surface area (Å²) in [7, 11) is 0. The molecule has 2 aromatic carbocycles. The van der Waals surface area contributed by atoms with E-state index in [2.05, 4.69) is 5.32 Å². The lowest BCUT2D eigenvalue weighted by molar-refractivity contribution is -0.125. The highest BCUT2D eigenvalue weighted by Gasteiger charge is 2.44. The molecule has 0 unspecified atom stereocenters. The third-order valence-corrected chi connectivity index (χ3v) is 6.54. The minimum absolute atomic E-state index is 0.196. The van der Waals surface area contributed by atoms with E-state index in [4.69, 9.17) is 25.8 Å². The van der Waals surface area contributed by atoms with Crippen LogP contribution in [0, 0.1) is 0 Å². The lowest BCUT2D eigenvalue weighted by Gasteiger charge is -2.31. The Bertz CT molecular complexity index is 1010. The molecule has 1 fully saturated rings. The Kier molecular flexibility index (Phi) is 6.44. The summed E-state index contributed by atoms with van der Waals surface area (Å²) in [5.41, 5.74) is 1.09. The van der Waals surface area contributed by atoms with Crippen molar-refractivity contribution in [3.63, 3.8) is 0 Å². The number of nitrogens with one attached hydrogen (secondary N) is 1. The predicted molar refractivity (Wildman–Crippen MR) is 123 cm³/mol. The van der Waals surface area contributed by atoms with Crippen molar-refractivity contribution in [3.8, 4) is 11.5 Å². The van der Waals surface area contributed by atoms with Gasteiger partial charge in [-0.3, -0.25) is 9.69 Å². The van der Waals surface area contributed by atoms with E-state index in [1.165, 1.54) is 16.7 Å². The van der Waals surface area contributed by atoms with Gasteiger partial charge in [-0.05, 0) is 56.2 Å². The molecule has 7 nitrogen and oxygen atoms in total. The Morgan fingerprint density at radius 1 is 1.16 bits per heavy atom. The molecule has 0 spiro atoms. The highest BCUT2D eigenvalue weighted by molar-refractivity contribution is 7.99. The van der Waals surface area contributed by atoms with Crippen LogP contribution in [0.4, 0.5) is 4.79 Å². The Morgan fingerprint density at radius 2 is 1.88 bits per heavy atom. The van der Waals surface area contributed by atoms with Gasteiger partial charge in [0.2, 0.25) is 12.7 Å². The summed E-state index contributed by atoms with van der Waals surface area (Å²) in [6, 6.07) is 12.2. The SMILES string of the molecule is CC(C)(C)OC(=O)N1[C@@H](c2ccc(Cl)cc2)SC[C@H]1C(=O)NCc1ccc2c(c1)OCO2. The Balaban J connectivity index is 1.50. The molecule has 0 radical (unpaired) electrons. The van der Waals surface area contributed by atoms with E-state index >= 15 is 0 Å². The van der Waals surface area contributed by atoms with E-state index in [0.29, 0.717) is 28.8 Å². The molecule has 2 aliphatic heterocycles. The quantitative estimate of drug-likeness (QED) is 0.687. The maximum absolute atomic E-state index is 13.1. The van der Waals surface area contributed by atoms with E-state index in [9.17, 15) is 9.59 Å². The zero-order valence-electron chi connectivity index (χ0n) is 18.1. The van der Waals surface area contributed by atoms with Crippen molar-refractivity contribution < 1.29 is 23.8 Å². The summed E-state index contributed by atoms with van der Waals surface area (Å²) in [6.07, 6.45) is -0.523. The number of halogens is 1. The van der Waals surface area contributed by atoms with Gasteiger partial charge in [0.05, 0.1) is 0 Å². The smallest absolute Gasteiger partial charge is 0.412 e. The van der Waals surface area contributed by atoms with Crippen LogP contribution in [0.5, 0.6) is 11.5 Å². The van der Waals surface area contributed by atoms with Gasteiger partial charge in [0, 0.05) is 17.3 Å². The van der Waals surface area contributed by atoms with Crippen LogP contribution in [0.3, 0.4) is 0 Å². The molecule has 9 heteroatoms. The van der Waals surface area contributed by atoms with Gasteiger partial charge in [0.25, 0.3) is 0 Å². The van der Waals surface area contributed by atoms with Crippen LogP contribution < -0.4 is 14.8 Å². The maximum atomic E-state index is 13.1. The van der Waals surface area contributed by atoms with Gasteiger partial charge in [-0.1, -0.05) is 29.8 Å². The van der Waals surface area contributed by atoms with Crippen molar-refractivity contribution in [2.24, 2.45) is 0 Å². The fourth-order valence-electron chi connectivity index (χ4n) is 3.49. The average Bonchev–Trinajstić information content (AvgIpc) is 3.38. The molecule has 1 N–H and O–H groups in total. The standard InChI is InChI=1S/C23H25ClN2O5S/c1-23(2,3)31-22(28)26-17(12-32-21(26)15-5-7-16(24)8-6-15)20(27)25-11-14-4-9-18-19(10-14)30-13-29-18/h4-10,17,21H,11-13H2,1-3H3,(H,25,27)/t17-,21+/m0/s1. The first-order chi connectivity index (χ1) is 15.2. The molecule has 2 atom stereocenters. The summed E-state index contributed by atoms with van der Waals surface area (Å²) in [5, 5.41) is 3.21. The van der Waals surface area contributed by atoms with E-state index in [-0.39, 0.29) is 18.1 Å². The van der Waals surface area contributed by atoms with Gasteiger partial charge in [0.1, 0.15) is 17.0 Å². The Morgan fingerprint density at radius 3 is 2.59 bits per heavy atom. The van der Waals surface area contributed by atoms with E-state index in [1.54, 1.807) is 32.9 Å². The number of amides is 2. The Hall–Kier alpha value is -2.58. The molecule has 170 valence electrons. The minimum Gasteiger partial charge on any atom is -0.454 e. The van der Waals surface area contributed by atoms with Crippen molar-refractivity contribution in [1.29, 1.82) is 0 Å². The van der Waals surface area contributed by atoms with Crippen LogP contribution in [-0.2, 0) is 16.1 Å². The number of ether oxygens (including phenoxy) is 3. The summed E-state index contributed by atoms with van der Waals surface area (Å²) in [4.78, 5) is 27.7. The number of carbonyl (C=O) groups is 2. The minimum atomic E-state index is -0.678. The number of rotatable bonds is 4. The molecule has 0 aliphatic carbocycles. The average molecular weight is 477 g/mol. The van der Waals surface area contributed by atoms with Crippen molar-refractivity contribution in [2.75, 3.05) is 12.5 Å². The number of fused-ring (bicyclic) bond motifs is 1. The summed E-state index contributed by atoms with van der Waals surface area (Å²) >= 11 is 7.55. The number of benzene rings is 2. The summed E-state index contributed by atoms with van der Waals surface area (Å²) in [6.45, 7) is 5.92. The summed E-state index contributed by atoms with van der Waals surface area (Å²) in [5.74, 6) is 1.57. The molecular weight excluding hydrogens is 452 g/mol. The number of thioether (sulfide) groups is 1. The van der Waals surface area contributed by atoms with Crippen LogP contribution >= 0.6 is 23.4 Å². The van der Waals surface area contributed by atoms with Crippen molar-refractivity contribution in [3.05, 3.63) is 58.6 Å². The van der Waals surface area contributed by atoms with E-state index < -0.39 is 17.7 Å². The zero-order chi connectivity index (χ0) is 22.9. The number of nitrogens with zero attached hydrogens (tertiary/aromatic N) is 1. The molecule has 2 aliphatic rings. The predicted octanol–water partition coefficient (Wildman–Crippen LogP) is 4.74. The number of carbonyl (C=O) groups excluding carboxylic acids is 2. The second kappa shape index (κ2) is 9.11. The van der Waals surface area contributed by atoms with Crippen LogP contribution in [0.2, 0.25) is 5.02 Å². The van der Waals surface area contributed by atoms with Gasteiger partial charge >= 0.3 is 6.09 Å². The molecule has 0 saturated carbocycles. The van der Waals surface area contributed by atoms with Crippen LogP contribution in [0.15, 0.2) is 42.5 Å². The molecule has 32 heavy (non-hydrogen) atoms. The monoisotopic (exact) mass is 476 g/mol.